The maximum atomic E-state index is 11.7. The zero-order valence-electron chi connectivity index (χ0n) is 11.4. The van der Waals surface area contributed by atoms with E-state index in [0.29, 0.717) is 5.69 Å². The number of aromatic nitrogens is 1. The fourth-order valence-electron chi connectivity index (χ4n) is 2.13. The van der Waals surface area contributed by atoms with Crippen molar-refractivity contribution in [1.82, 2.24) is 4.57 Å². The van der Waals surface area contributed by atoms with E-state index < -0.39 is 15.7 Å². The lowest BCUT2D eigenvalue weighted by Gasteiger charge is -2.12. The van der Waals surface area contributed by atoms with Gasteiger partial charge in [-0.15, -0.1) is 0 Å². The number of hydrogen-bond donors (Lipinski definition) is 0. The molecule has 1 atom stereocenters. The number of rotatable bonds is 4. The Morgan fingerprint density at radius 2 is 2.00 bits per heavy atom. The molecule has 1 unspecified atom stereocenters. The maximum absolute atomic E-state index is 11.7. The third-order valence-corrected chi connectivity index (χ3v) is 4.14. The predicted octanol–water partition coefficient (Wildman–Crippen LogP) is 3.20. The molecule has 0 saturated carbocycles. The Balaban J connectivity index is 2.59. The minimum atomic E-state index is -0.611. The number of nitro groups is 1. The fraction of sp³-hybridized carbons (Fsp3) is 0.214. The normalized spacial score (nSPS) is 12.0. The summed E-state index contributed by atoms with van der Waals surface area (Å²) in [5.74, 6) is -0.611. The lowest BCUT2D eigenvalue weighted by molar-refractivity contribution is -0.385. The maximum Gasteiger partial charge on any atom is 0.354 e. The van der Waals surface area contributed by atoms with Crippen molar-refractivity contribution in [3.8, 4) is 0 Å². The van der Waals surface area contributed by atoms with Crippen LogP contribution in [0.1, 0.15) is 26.6 Å². The van der Waals surface area contributed by atoms with Crippen LogP contribution >= 0.6 is 15.9 Å². The summed E-state index contributed by atoms with van der Waals surface area (Å²) in [5.41, 5.74) is 1.27. The summed E-state index contributed by atoms with van der Waals surface area (Å²) in [7, 11) is 2.84. The second-order valence-corrected chi connectivity index (χ2v) is 5.30. The molecule has 21 heavy (non-hydrogen) atoms. The van der Waals surface area contributed by atoms with E-state index in [1.165, 1.54) is 17.7 Å². The first-order valence-corrected chi connectivity index (χ1v) is 7.00. The van der Waals surface area contributed by atoms with Crippen LogP contribution in [0.2, 0.25) is 0 Å². The van der Waals surface area contributed by atoms with Gasteiger partial charge in [-0.3, -0.25) is 10.1 Å². The first-order valence-electron chi connectivity index (χ1n) is 6.08. The van der Waals surface area contributed by atoms with Crippen LogP contribution in [0.3, 0.4) is 0 Å². The van der Waals surface area contributed by atoms with Crippen molar-refractivity contribution >= 4 is 27.6 Å². The summed E-state index contributed by atoms with van der Waals surface area (Å²) < 4.78 is 6.14. The molecule has 6 nitrogen and oxygen atoms in total. The zero-order valence-corrected chi connectivity index (χ0v) is 13.0. The highest BCUT2D eigenvalue weighted by atomic mass is 79.9. The molecule has 0 fully saturated rings. The van der Waals surface area contributed by atoms with Crippen LogP contribution in [0.25, 0.3) is 0 Å². The molecular weight excluding hydrogens is 340 g/mol. The number of carbonyl (C=O) groups is 1. The van der Waals surface area contributed by atoms with Gasteiger partial charge >= 0.3 is 5.97 Å². The van der Waals surface area contributed by atoms with E-state index in [2.05, 4.69) is 20.7 Å². The lowest BCUT2D eigenvalue weighted by atomic mass is 10.1. The molecule has 2 aromatic rings. The molecule has 0 aliphatic carbocycles. The molecule has 2 rings (SSSR count). The van der Waals surface area contributed by atoms with Crippen molar-refractivity contribution in [3.05, 3.63) is 63.5 Å². The Morgan fingerprint density at radius 1 is 1.38 bits per heavy atom. The number of nitrogens with zero attached hydrogens (tertiary/aromatic N) is 2. The Bertz CT molecular complexity index is 682. The Morgan fingerprint density at radius 3 is 2.52 bits per heavy atom. The van der Waals surface area contributed by atoms with E-state index in [9.17, 15) is 14.9 Å². The van der Waals surface area contributed by atoms with Crippen LogP contribution in [0.5, 0.6) is 0 Å². The number of ether oxygens (including phenoxy) is 1. The van der Waals surface area contributed by atoms with E-state index in [1.54, 1.807) is 7.05 Å². The third kappa shape index (κ3) is 2.82. The molecular formula is C14H13BrN2O4. The van der Waals surface area contributed by atoms with E-state index in [-0.39, 0.29) is 11.4 Å². The highest BCUT2D eigenvalue weighted by molar-refractivity contribution is 9.09. The van der Waals surface area contributed by atoms with E-state index in [1.807, 2.05) is 30.3 Å². The molecule has 0 bridgehead atoms. The topological polar surface area (TPSA) is 74.4 Å². The van der Waals surface area contributed by atoms with Gasteiger partial charge in [-0.25, -0.2) is 4.79 Å². The molecule has 7 heteroatoms. The van der Waals surface area contributed by atoms with Gasteiger partial charge in [0.15, 0.2) is 0 Å². The number of hydrogen-bond acceptors (Lipinski definition) is 4. The Labute approximate surface area is 129 Å². The molecule has 0 aliphatic rings. The van der Waals surface area contributed by atoms with Gasteiger partial charge < -0.3 is 9.30 Å². The minimum absolute atomic E-state index is 0.122. The average molecular weight is 353 g/mol. The SMILES string of the molecule is COC(=O)c1cc([N+](=O)[O-])c(C(Br)c2ccccc2)n1C. The molecule has 1 aromatic carbocycles. The first kappa shape index (κ1) is 15.2. The highest BCUT2D eigenvalue weighted by Crippen LogP contribution is 2.38. The standard InChI is InChI=1S/C14H13BrN2O4/c1-16-11(14(18)21-2)8-10(17(19)20)13(16)12(15)9-6-4-3-5-7-9/h3-8,12H,1-2H3. The van der Waals surface area contributed by atoms with Crippen molar-refractivity contribution < 1.29 is 14.5 Å². The molecule has 1 aromatic heterocycles. The number of methoxy groups -OCH3 is 1. The summed E-state index contributed by atoms with van der Waals surface area (Å²) >= 11 is 3.47. The molecule has 0 spiro atoms. The molecule has 0 saturated heterocycles. The molecule has 110 valence electrons. The highest BCUT2D eigenvalue weighted by Gasteiger charge is 2.30. The number of benzene rings is 1. The largest absolute Gasteiger partial charge is 0.464 e. The van der Waals surface area contributed by atoms with Crippen molar-refractivity contribution in [2.45, 2.75) is 4.83 Å². The van der Waals surface area contributed by atoms with Gasteiger partial charge in [-0.05, 0) is 5.56 Å². The van der Waals surface area contributed by atoms with Gasteiger partial charge in [0.2, 0.25) is 0 Å². The number of esters is 1. The van der Waals surface area contributed by atoms with Crippen LogP contribution in [0, 0.1) is 10.1 Å². The van der Waals surface area contributed by atoms with Crippen molar-refractivity contribution in [2.75, 3.05) is 7.11 Å². The van der Waals surface area contributed by atoms with Gasteiger partial charge in [-0.2, -0.15) is 0 Å². The smallest absolute Gasteiger partial charge is 0.354 e. The molecule has 1 heterocycles. The van der Waals surface area contributed by atoms with Gasteiger partial charge in [-0.1, -0.05) is 46.3 Å². The molecule has 0 aliphatic heterocycles. The van der Waals surface area contributed by atoms with Gasteiger partial charge in [0.05, 0.1) is 16.9 Å². The summed E-state index contributed by atoms with van der Waals surface area (Å²) in [6.45, 7) is 0. The molecule has 0 N–H and O–H groups in total. The monoisotopic (exact) mass is 352 g/mol. The summed E-state index contributed by atoms with van der Waals surface area (Å²) in [6, 6.07) is 10.5. The number of alkyl halides is 1. The first-order chi connectivity index (χ1) is 9.97. The Kier molecular flexibility index (Phi) is 4.42. The van der Waals surface area contributed by atoms with E-state index in [4.69, 9.17) is 0 Å². The number of halogens is 1. The van der Waals surface area contributed by atoms with Crippen LogP contribution < -0.4 is 0 Å². The van der Waals surface area contributed by atoms with Gasteiger partial charge in [0.1, 0.15) is 11.4 Å². The van der Waals surface area contributed by atoms with Gasteiger partial charge in [0.25, 0.3) is 5.69 Å². The third-order valence-electron chi connectivity index (χ3n) is 3.18. The molecule has 0 radical (unpaired) electrons. The average Bonchev–Trinajstić information content (AvgIpc) is 2.84. The van der Waals surface area contributed by atoms with Gasteiger partial charge in [0, 0.05) is 13.1 Å². The van der Waals surface area contributed by atoms with Crippen LogP contribution in [-0.2, 0) is 11.8 Å². The van der Waals surface area contributed by atoms with Crippen LogP contribution in [0.15, 0.2) is 36.4 Å². The van der Waals surface area contributed by atoms with Crippen molar-refractivity contribution in [1.29, 1.82) is 0 Å². The second-order valence-electron chi connectivity index (χ2n) is 4.38. The summed E-state index contributed by atoms with van der Waals surface area (Å²) in [6.07, 6.45) is 0. The zero-order chi connectivity index (χ0) is 15.6. The van der Waals surface area contributed by atoms with Crippen LogP contribution in [-0.4, -0.2) is 22.6 Å². The molecule has 0 amide bonds. The van der Waals surface area contributed by atoms with E-state index >= 15 is 0 Å². The minimum Gasteiger partial charge on any atom is -0.464 e. The fourth-order valence-corrected chi connectivity index (χ4v) is 2.98. The predicted molar refractivity (Wildman–Crippen MR) is 80.6 cm³/mol. The number of carbonyl (C=O) groups excluding carboxylic acids is 1. The lowest BCUT2D eigenvalue weighted by Crippen LogP contribution is -2.10. The summed E-state index contributed by atoms with van der Waals surface area (Å²) in [5, 5.41) is 11.3. The van der Waals surface area contributed by atoms with Crippen LogP contribution in [0.4, 0.5) is 5.69 Å². The van der Waals surface area contributed by atoms with E-state index in [0.717, 1.165) is 5.56 Å². The van der Waals surface area contributed by atoms with Crippen molar-refractivity contribution in [2.24, 2.45) is 7.05 Å². The van der Waals surface area contributed by atoms with Crippen molar-refractivity contribution in [3.63, 3.8) is 0 Å². The Hall–Kier alpha value is -2.15. The summed E-state index contributed by atoms with van der Waals surface area (Å²) in [4.78, 5) is 22.1. The quantitative estimate of drug-likeness (QED) is 0.366. The second kappa shape index (κ2) is 6.09.